The normalized spacial score (nSPS) is 29.8. The second-order valence-corrected chi connectivity index (χ2v) is 4.17. The third kappa shape index (κ3) is 2.42. The highest BCUT2D eigenvalue weighted by Crippen LogP contribution is 2.28. The van der Waals surface area contributed by atoms with Crippen LogP contribution in [0.25, 0.3) is 0 Å². The lowest BCUT2D eigenvalue weighted by molar-refractivity contribution is -0.0613. The van der Waals surface area contributed by atoms with Gasteiger partial charge in [-0.3, -0.25) is 0 Å². The largest absolute Gasteiger partial charge is 0.393 e. The van der Waals surface area contributed by atoms with Crippen molar-refractivity contribution in [1.82, 2.24) is 0 Å². The molecular formula is C8H15NOS. The van der Waals surface area contributed by atoms with Crippen LogP contribution >= 0.6 is 12.2 Å². The Kier molecular flexibility index (Phi) is 2.50. The zero-order chi connectivity index (χ0) is 8.48. The average Bonchev–Trinajstić information content (AvgIpc) is 1.85. The smallest absolute Gasteiger partial charge is 0.0760 e. The number of hydrogen-bond donors (Lipinski definition) is 1. The molecule has 0 aliphatic carbocycles. The molecule has 2 nitrogen and oxygen atoms in total. The van der Waals surface area contributed by atoms with Gasteiger partial charge in [-0.1, -0.05) is 12.2 Å². The molecule has 1 saturated heterocycles. The van der Waals surface area contributed by atoms with E-state index in [-0.39, 0.29) is 5.60 Å². The minimum atomic E-state index is -0.0354. The van der Waals surface area contributed by atoms with Crippen LogP contribution in [-0.2, 0) is 4.74 Å². The SMILES string of the molecule is CC1(C)C[C@@H](C(N)=S)CCO1. The van der Waals surface area contributed by atoms with Gasteiger partial charge < -0.3 is 10.5 Å². The molecule has 0 aromatic rings. The van der Waals surface area contributed by atoms with Crippen LogP contribution in [-0.4, -0.2) is 17.2 Å². The third-order valence-electron chi connectivity index (χ3n) is 2.10. The van der Waals surface area contributed by atoms with E-state index in [2.05, 4.69) is 13.8 Å². The van der Waals surface area contributed by atoms with E-state index in [1.807, 2.05) is 0 Å². The van der Waals surface area contributed by atoms with E-state index in [9.17, 15) is 0 Å². The molecule has 1 atom stereocenters. The number of ether oxygens (including phenoxy) is 1. The standard InChI is InChI=1S/C8H15NOS/c1-8(2)5-6(7(9)11)3-4-10-8/h6H,3-5H2,1-2H3,(H2,9,11)/t6-/m0/s1. The lowest BCUT2D eigenvalue weighted by Gasteiger charge is -2.34. The Morgan fingerprint density at radius 1 is 1.64 bits per heavy atom. The van der Waals surface area contributed by atoms with Gasteiger partial charge in [0.05, 0.1) is 10.6 Å². The predicted octanol–water partition coefficient (Wildman–Crippen LogP) is 1.48. The van der Waals surface area contributed by atoms with Crippen LogP contribution in [0.5, 0.6) is 0 Å². The van der Waals surface area contributed by atoms with Crippen molar-refractivity contribution in [3.63, 3.8) is 0 Å². The van der Waals surface area contributed by atoms with Crippen LogP contribution < -0.4 is 5.73 Å². The molecule has 0 aromatic heterocycles. The molecule has 0 amide bonds. The molecule has 3 heteroatoms. The molecule has 1 rings (SSSR count). The molecule has 1 aliphatic heterocycles. The Morgan fingerprint density at radius 2 is 2.27 bits per heavy atom. The van der Waals surface area contributed by atoms with E-state index in [0.717, 1.165) is 19.4 Å². The Hall–Kier alpha value is -0.150. The van der Waals surface area contributed by atoms with E-state index in [1.165, 1.54) is 0 Å². The van der Waals surface area contributed by atoms with Crippen LogP contribution in [0.4, 0.5) is 0 Å². The van der Waals surface area contributed by atoms with E-state index < -0.39 is 0 Å². The van der Waals surface area contributed by atoms with Gasteiger partial charge in [-0.05, 0) is 26.7 Å². The fourth-order valence-corrected chi connectivity index (χ4v) is 1.68. The van der Waals surface area contributed by atoms with Gasteiger partial charge in [-0.15, -0.1) is 0 Å². The Morgan fingerprint density at radius 3 is 2.64 bits per heavy atom. The molecule has 0 bridgehead atoms. The van der Waals surface area contributed by atoms with Crippen LogP contribution in [0, 0.1) is 5.92 Å². The fraction of sp³-hybridized carbons (Fsp3) is 0.875. The predicted molar refractivity (Wildman–Crippen MR) is 49.5 cm³/mol. The van der Waals surface area contributed by atoms with Crippen molar-refractivity contribution in [3.8, 4) is 0 Å². The molecule has 0 saturated carbocycles. The minimum Gasteiger partial charge on any atom is -0.393 e. The molecule has 0 radical (unpaired) electrons. The highest BCUT2D eigenvalue weighted by Gasteiger charge is 2.29. The van der Waals surface area contributed by atoms with Gasteiger partial charge in [0.1, 0.15) is 0 Å². The number of hydrogen-bond acceptors (Lipinski definition) is 2. The zero-order valence-corrected chi connectivity index (χ0v) is 7.91. The summed E-state index contributed by atoms with van der Waals surface area (Å²) in [5.41, 5.74) is 5.53. The summed E-state index contributed by atoms with van der Waals surface area (Å²) < 4.78 is 5.53. The van der Waals surface area contributed by atoms with E-state index in [1.54, 1.807) is 0 Å². The molecule has 1 heterocycles. The molecule has 11 heavy (non-hydrogen) atoms. The number of nitrogens with two attached hydrogens (primary N) is 1. The van der Waals surface area contributed by atoms with Crippen molar-refractivity contribution < 1.29 is 4.74 Å². The van der Waals surface area contributed by atoms with Gasteiger partial charge in [0.25, 0.3) is 0 Å². The van der Waals surface area contributed by atoms with E-state index in [4.69, 9.17) is 22.7 Å². The molecule has 0 spiro atoms. The first kappa shape index (κ1) is 8.94. The second-order valence-electron chi connectivity index (χ2n) is 3.70. The third-order valence-corrected chi connectivity index (χ3v) is 2.43. The van der Waals surface area contributed by atoms with Crippen molar-refractivity contribution in [1.29, 1.82) is 0 Å². The Balaban J connectivity index is 2.53. The topological polar surface area (TPSA) is 35.2 Å². The monoisotopic (exact) mass is 173 g/mol. The molecule has 0 unspecified atom stereocenters. The summed E-state index contributed by atoms with van der Waals surface area (Å²) in [5, 5.41) is 0. The molecular weight excluding hydrogens is 158 g/mol. The van der Waals surface area contributed by atoms with Gasteiger partial charge in [0.15, 0.2) is 0 Å². The summed E-state index contributed by atoms with van der Waals surface area (Å²) in [6, 6.07) is 0. The van der Waals surface area contributed by atoms with E-state index >= 15 is 0 Å². The lowest BCUT2D eigenvalue weighted by atomic mass is 9.88. The van der Waals surface area contributed by atoms with Gasteiger partial charge >= 0.3 is 0 Å². The highest BCUT2D eigenvalue weighted by molar-refractivity contribution is 7.80. The maximum atomic E-state index is 5.56. The van der Waals surface area contributed by atoms with Crippen LogP contribution in [0.2, 0.25) is 0 Å². The number of thiocarbonyl (C=S) groups is 1. The summed E-state index contributed by atoms with van der Waals surface area (Å²) in [4.78, 5) is 0.640. The first-order chi connectivity index (χ1) is 5.01. The van der Waals surface area contributed by atoms with Crippen molar-refractivity contribution in [2.75, 3.05) is 6.61 Å². The summed E-state index contributed by atoms with van der Waals surface area (Å²) in [6.07, 6.45) is 1.95. The molecule has 2 N–H and O–H groups in total. The zero-order valence-electron chi connectivity index (χ0n) is 7.09. The summed E-state index contributed by atoms with van der Waals surface area (Å²) in [6.45, 7) is 4.95. The minimum absolute atomic E-state index is 0.0354. The maximum Gasteiger partial charge on any atom is 0.0760 e. The first-order valence-corrected chi connectivity index (χ1v) is 4.35. The summed E-state index contributed by atoms with van der Waals surface area (Å²) in [7, 11) is 0. The Labute approximate surface area is 73.1 Å². The van der Waals surface area contributed by atoms with Crippen LogP contribution in [0.1, 0.15) is 26.7 Å². The van der Waals surface area contributed by atoms with Crippen molar-refractivity contribution in [2.24, 2.45) is 11.7 Å². The molecule has 1 aliphatic rings. The number of rotatable bonds is 1. The van der Waals surface area contributed by atoms with Crippen molar-refractivity contribution >= 4 is 17.2 Å². The van der Waals surface area contributed by atoms with Crippen LogP contribution in [0.15, 0.2) is 0 Å². The maximum absolute atomic E-state index is 5.56. The summed E-state index contributed by atoms with van der Waals surface area (Å²) >= 11 is 4.94. The van der Waals surface area contributed by atoms with Crippen molar-refractivity contribution in [2.45, 2.75) is 32.3 Å². The first-order valence-electron chi connectivity index (χ1n) is 3.94. The molecule has 64 valence electrons. The highest BCUT2D eigenvalue weighted by atomic mass is 32.1. The lowest BCUT2D eigenvalue weighted by Crippen LogP contribution is -2.38. The van der Waals surface area contributed by atoms with Crippen molar-refractivity contribution in [3.05, 3.63) is 0 Å². The molecule has 0 aromatic carbocycles. The fourth-order valence-electron chi connectivity index (χ4n) is 1.47. The average molecular weight is 173 g/mol. The second kappa shape index (κ2) is 3.07. The van der Waals surface area contributed by atoms with Gasteiger partial charge in [0.2, 0.25) is 0 Å². The van der Waals surface area contributed by atoms with E-state index in [0.29, 0.717) is 10.9 Å². The van der Waals surface area contributed by atoms with Gasteiger partial charge in [0, 0.05) is 12.5 Å². The van der Waals surface area contributed by atoms with Gasteiger partial charge in [-0.25, -0.2) is 0 Å². The van der Waals surface area contributed by atoms with Gasteiger partial charge in [-0.2, -0.15) is 0 Å². The quantitative estimate of drug-likeness (QED) is 0.610. The molecule has 1 fully saturated rings. The summed E-state index contributed by atoms with van der Waals surface area (Å²) in [5.74, 6) is 0.383. The Bertz CT molecular complexity index is 167. The van der Waals surface area contributed by atoms with Crippen LogP contribution in [0.3, 0.4) is 0 Å².